The van der Waals surface area contributed by atoms with E-state index in [1.807, 2.05) is 6.92 Å². The topological polar surface area (TPSA) is 63.4 Å². The smallest absolute Gasteiger partial charge is 0.310 e. The van der Waals surface area contributed by atoms with Gasteiger partial charge in [-0.25, -0.2) is 0 Å². The van der Waals surface area contributed by atoms with Crippen molar-refractivity contribution in [3.8, 4) is 5.75 Å². The first kappa shape index (κ1) is 11.0. The maximum atomic E-state index is 10.4. The summed E-state index contributed by atoms with van der Waals surface area (Å²) >= 11 is 3.37. The van der Waals surface area contributed by atoms with Crippen LogP contribution >= 0.6 is 15.9 Å². The second-order valence-electron chi connectivity index (χ2n) is 3.07. The number of hydrogen-bond acceptors (Lipinski definition) is 3. The second-order valence-corrected chi connectivity index (χ2v) is 4.63. The summed E-state index contributed by atoms with van der Waals surface area (Å²) in [5.41, 5.74) is 0.619. The van der Waals surface area contributed by atoms with Gasteiger partial charge >= 0.3 is 5.69 Å². The SMILES string of the molecule is CC(Br)Cc1ccc([N+](=O)[O-])c(O)c1. The van der Waals surface area contributed by atoms with E-state index in [0.717, 1.165) is 12.0 Å². The lowest BCUT2D eigenvalue weighted by Gasteiger charge is -2.03. The standard InChI is InChI=1S/C9H10BrNO3/c1-6(10)4-7-2-3-8(11(13)14)9(12)5-7/h2-3,5-6,12H,4H2,1H3. The fourth-order valence-electron chi connectivity index (χ4n) is 1.18. The number of phenols is 1. The molecule has 0 bridgehead atoms. The van der Waals surface area contributed by atoms with Crippen molar-refractivity contribution in [3.05, 3.63) is 33.9 Å². The van der Waals surface area contributed by atoms with Crippen molar-refractivity contribution in [2.75, 3.05) is 0 Å². The van der Waals surface area contributed by atoms with Gasteiger partial charge in [0.1, 0.15) is 0 Å². The van der Waals surface area contributed by atoms with Crippen LogP contribution in [0.15, 0.2) is 18.2 Å². The van der Waals surface area contributed by atoms with E-state index in [0.29, 0.717) is 0 Å². The van der Waals surface area contributed by atoms with Gasteiger partial charge in [0.25, 0.3) is 0 Å². The normalized spacial score (nSPS) is 12.4. The van der Waals surface area contributed by atoms with Gasteiger partial charge in [-0.05, 0) is 18.1 Å². The highest BCUT2D eigenvalue weighted by atomic mass is 79.9. The number of hydrogen-bond donors (Lipinski definition) is 1. The lowest BCUT2D eigenvalue weighted by atomic mass is 10.1. The summed E-state index contributed by atoms with van der Waals surface area (Å²) in [7, 11) is 0. The molecule has 0 radical (unpaired) electrons. The number of phenolic OH excluding ortho intramolecular Hbond substituents is 1. The van der Waals surface area contributed by atoms with E-state index in [4.69, 9.17) is 0 Å². The predicted molar refractivity (Wildman–Crippen MR) is 56.9 cm³/mol. The maximum absolute atomic E-state index is 10.4. The van der Waals surface area contributed by atoms with Crippen LogP contribution in [0.3, 0.4) is 0 Å². The van der Waals surface area contributed by atoms with Crippen molar-refractivity contribution in [1.82, 2.24) is 0 Å². The fourth-order valence-corrected chi connectivity index (χ4v) is 1.55. The van der Waals surface area contributed by atoms with E-state index in [9.17, 15) is 15.2 Å². The van der Waals surface area contributed by atoms with Crippen LogP contribution in [-0.2, 0) is 6.42 Å². The minimum Gasteiger partial charge on any atom is -0.502 e. The highest BCUT2D eigenvalue weighted by Crippen LogP contribution is 2.27. The van der Waals surface area contributed by atoms with Crippen LogP contribution in [-0.4, -0.2) is 14.9 Å². The van der Waals surface area contributed by atoms with E-state index >= 15 is 0 Å². The minimum atomic E-state index is -0.601. The molecule has 0 aliphatic rings. The molecule has 0 saturated carbocycles. The molecule has 5 heteroatoms. The van der Waals surface area contributed by atoms with Gasteiger partial charge in [-0.2, -0.15) is 0 Å². The number of aromatic hydroxyl groups is 1. The number of benzene rings is 1. The molecule has 0 spiro atoms. The maximum Gasteiger partial charge on any atom is 0.310 e. The van der Waals surface area contributed by atoms with Crippen molar-refractivity contribution >= 4 is 21.6 Å². The van der Waals surface area contributed by atoms with Gasteiger partial charge < -0.3 is 5.11 Å². The lowest BCUT2D eigenvalue weighted by Crippen LogP contribution is -1.97. The molecule has 76 valence electrons. The molecule has 0 saturated heterocycles. The van der Waals surface area contributed by atoms with Gasteiger partial charge in [0.2, 0.25) is 0 Å². The largest absolute Gasteiger partial charge is 0.502 e. The third kappa shape index (κ3) is 2.70. The van der Waals surface area contributed by atoms with E-state index in [-0.39, 0.29) is 16.3 Å². The highest BCUT2D eigenvalue weighted by Gasteiger charge is 2.13. The summed E-state index contributed by atoms with van der Waals surface area (Å²) in [5, 5.41) is 19.7. The fraction of sp³-hybridized carbons (Fsp3) is 0.333. The molecule has 0 aromatic heterocycles. The van der Waals surface area contributed by atoms with E-state index in [2.05, 4.69) is 15.9 Å². The molecule has 0 amide bonds. The van der Waals surface area contributed by atoms with Crippen molar-refractivity contribution in [3.63, 3.8) is 0 Å². The Bertz CT molecular complexity index is 352. The molecule has 0 aliphatic heterocycles. The van der Waals surface area contributed by atoms with Crippen molar-refractivity contribution in [2.24, 2.45) is 0 Å². The monoisotopic (exact) mass is 259 g/mol. The Morgan fingerprint density at radius 1 is 1.64 bits per heavy atom. The minimum absolute atomic E-state index is 0.254. The summed E-state index contributed by atoms with van der Waals surface area (Å²) in [5.74, 6) is -0.277. The molecule has 1 aromatic carbocycles. The van der Waals surface area contributed by atoms with E-state index < -0.39 is 4.92 Å². The number of halogens is 1. The Labute approximate surface area is 89.8 Å². The number of rotatable bonds is 3. The van der Waals surface area contributed by atoms with E-state index in [1.54, 1.807) is 6.07 Å². The summed E-state index contributed by atoms with van der Waals surface area (Å²) in [6, 6.07) is 4.39. The van der Waals surface area contributed by atoms with Crippen molar-refractivity contribution < 1.29 is 10.0 Å². The Hall–Kier alpha value is -1.10. The summed E-state index contributed by atoms with van der Waals surface area (Å²) < 4.78 is 0. The second kappa shape index (κ2) is 4.41. The number of nitro benzene ring substituents is 1. The van der Waals surface area contributed by atoms with E-state index in [1.165, 1.54) is 12.1 Å². The third-order valence-corrected chi connectivity index (χ3v) is 2.08. The summed E-state index contributed by atoms with van der Waals surface area (Å²) in [6.45, 7) is 1.97. The zero-order valence-electron chi connectivity index (χ0n) is 7.61. The van der Waals surface area contributed by atoms with Gasteiger partial charge in [-0.15, -0.1) is 0 Å². The van der Waals surface area contributed by atoms with Crippen LogP contribution in [0.4, 0.5) is 5.69 Å². The van der Waals surface area contributed by atoms with Crippen molar-refractivity contribution in [1.29, 1.82) is 0 Å². The van der Waals surface area contributed by atoms with Crippen LogP contribution in [0.25, 0.3) is 0 Å². The molecule has 14 heavy (non-hydrogen) atoms. The summed E-state index contributed by atoms with van der Waals surface area (Å²) in [4.78, 5) is 10.1. The molecule has 1 atom stereocenters. The molecular formula is C9H10BrNO3. The average Bonchev–Trinajstić information content (AvgIpc) is 2.01. The Kier molecular flexibility index (Phi) is 3.46. The molecular weight excluding hydrogens is 250 g/mol. The van der Waals surface area contributed by atoms with Gasteiger partial charge in [-0.1, -0.05) is 28.9 Å². The molecule has 0 fully saturated rings. The molecule has 0 aliphatic carbocycles. The Morgan fingerprint density at radius 2 is 2.29 bits per heavy atom. The average molecular weight is 260 g/mol. The molecule has 0 heterocycles. The molecule has 1 unspecified atom stereocenters. The van der Waals surface area contributed by atoms with Crippen LogP contribution in [0.5, 0.6) is 5.75 Å². The lowest BCUT2D eigenvalue weighted by molar-refractivity contribution is -0.385. The third-order valence-electron chi connectivity index (χ3n) is 1.75. The van der Waals surface area contributed by atoms with Gasteiger partial charge in [0, 0.05) is 10.9 Å². The quantitative estimate of drug-likeness (QED) is 0.516. The first-order valence-electron chi connectivity index (χ1n) is 4.11. The Balaban J connectivity index is 2.94. The molecule has 1 rings (SSSR count). The van der Waals surface area contributed by atoms with Crippen molar-refractivity contribution in [2.45, 2.75) is 18.2 Å². The number of nitrogens with zero attached hydrogens (tertiary/aromatic N) is 1. The summed E-state index contributed by atoms with van der Waals surface area (Å²) in [6.07, 6.45) is 0.728. The van der Waals surface area contributed by atoms with Crippen LogP contribution < -0.4 is 0 Å². The first-order chi connectivity index (χ1) is 6.50. The van der Waals surface area contributed by atoms with Gasteiger partial charge in [0.15, 0.2) is 5.75 Å². The Morgan fingerprint density at radius 3 is 2.71 bits per heavy atom. The van der Waals surface area contributed by atoms with Crippen LogP contribution in [0, 0.1) is 10.1 Å². The van der Waals surface area contributed by atoms with Crippen LogP contribution in [0.2, 0.25) is 0 Å². The molecule has 1 aromatic rings. The predicted octanol–water partition coefficient (Wildman–Crippen LogP) is 2.63. The zero-order valence-corrected chi connectivity index (χ0v) is 9.19. The van der Waals surface area contributed by atoms with Crippen LogP contribution in [0.1, 0.15) is 12.5 Å². The highest BCUT2D eigenvalue weighted by molar-refractivity contribution is 9.09. The molecule has 4 nitrogen and oxygen atoms in total. The number of alkyl halides is 1. The molecule has 1 N–H and O–H groups in total. The van der Waals surface area contributed by atoms with Gasteiger partial charge in [0.05, 0.1) is 4.92 Å². The zero-order chi connectivity index (χ0) is 10.7. The van der Waals surface area contributed by atoms with Gasteiger partial charge in [-0.3, -0.25) is 10.1 Å². The number of nitro groups is 1. The first-order valence-corrected chi connectivity index (χ1v) is 5.02.